The zero-order valence-electron chi connectivity index (χ0n) is 11.2. The number of aromatic carboxylic acids is 1. The van der Waals surface area contributed by atoms with Gasteiger partial charge in [0.2, 0.25) is 0 Å². The summed E-state index contributed by atoms with van der Waals surface area (Å²) in [5, 5.41) is 12.4. The minimum atomic E-state index is -1.02. The number of hydrogen-bond acceptors (Lipinski definition) is 4. The molecule has 2 unspecified atom stereocenters. The Balaban J connectivity index is 2.14. The van der Waals surface area contributed by atoms with E-state index in [1.54, 1.807) is 0 Å². The van der Waals surface area contributed by atoms with Crippen molar-refractivity contribution in [3.05, 3.63) is 17.8 Å². The summed E-state index contributed by atoms with van der Waals surface area (Å²) in [4.78, 5) is 15.2. The second-order valence-electron chi connectivity index (χ2n) is 5.17. The molecule has 0 bridgehead atoms. The molecule has 2 rings (SSSR count). The fourth-order valence-corrected chi connectivity index (χ4v) is 2.81. The van der Waals surface area contributed by atoms with E-state index in [1.165, 1.54) is 31.5 Å². The maximum absolute atomic E-state index is 11.1. The molecule has 0 spiro atoms. The molecule has 1 aromatic heterocycles. The van der Waals surface area contributed by atoms with Crippen molar-refractivity contribution in [1.29, 1.82) is 0 Å². The van der Waals surface area contributed by atoms with E-state index < -0.39 is 5.97 Å². The zero-order valence-corrected chi connectivity index (χ0v) is 11.2. The number of nitrogens with one attached hydrogen (secondary N) is 1. The van der Waals surface area contributed by atoms with Crippen molar-refractivity contribution in [1.82, 2.24) is 4.98 Å². The molecule has 0 amide bonds. The van der Waals surface area contributed by atoms with Crippen molar-refractivity contribution in [2.45, 2.75) is 45.1 Å². The lowest BCUT2D eigenvalue weighted by Crippen LogP contribution is -2.32. The van der Waals surface area contributed by atoms with Gasteiger partial charge < -0.3 is 16.2 Å². The molecule has 0 radical (unpaired) electrons. The summed E-state index contributed by atoms with van der Waals surface area (Å²) in [5.74, 6) is 0.233. The van der Waals surface area contributed by atoms with Crippen molar-refractivity contribution in [3.63, 3.8) is 0 Å². The summed E-state index contributed by atoms with van der Waals surface area (Å²) in [6.07, 6.45) is 7.40. The predicted octanol–water partition coefficient (Wildman–Crippen LogP) is 2.74. The van der Waals surface area contributed by atoms with Gasteiger partial charge in [-0.25, -0.2) is 9.78 Å². The molecule has 5 heteroatoms. The van der Waals surface area contributed by atoms with E-state index in [9.17, 15) is 4.79 Å². The van der Waals surface area contributed by atoms with Crippen molar-refractivity contribution in [2.75, 3.05) is 11.1 Å². The first-order chi connectivity index (χ1) is 9.11. The summed E-state index contributed by atoms with van der Waals surface area (Å²) >= 11 is 0. The van der Waals surface area contributed by atoms with Crippen molar-refractivity contribution < 1.29 is 9.90 Å². The van der Waals surface area contributed by atoms with Crippen LogP contribution in [-0.4, -0.2) is 22.1 Å². The largest absolute Gasteiger partial charge is 0.478 e. The monoisotopic (exact) mass is 263 g/mol. The molecule has 104 valence electrons. The first kappa shape index (κ1) is 13.6. The highest BCUT2D eigenvalue weighted by atomic mass is 16.4. The number of rotatable bonds is 4. The van der Waals surface area contributed by atoms with Gasteiger partial charge in [0.05, 0.1) is 17.4 Å². The molecule has 1 fully saturated rings. The third-order valence-electron chi connectivity index (χ3n) is 3.93. The molecule has 5 nitrogen and oxygen atoms in total. The minimum Gasteiger partial charge on any atom is -0.478 e. The topological polar surface area (TPSA) is 88.2 Å². The molecule has 0 aromatic carbocycles. The molecule has 2 atom stereocenters. The summed E-state index contributed by atoms with van der Waals surface area (Å²) in [5.41, 5.74) is 5.92. The summed E-state index contributed by atoms with van der Waals surface area (Å²) in [6.45, 7) is 2.20. The van der Waals surface area contributed by atoms with Crippen LogP contribution in [0, 0.1) is 5.92 Å². The molecule has 4 N–H and O–H groups in total. The molecular weight excluding hydrogens is 242 g/mol. The molecule has 0 aliphatic heterocycles. The first-order valence-electron chi connectivity index (χ1n) is 6.87. The van der Waals surface area contributed by atoms with Gasteiger partial charge in [0.1, 0.15) is 5.82 Å². The molecule has 1 aliphatic rings. The Morgan fingerprint density at radius 1 is 1.53 bits per heavy atom. The van der Waals surface area contributed by atoms with Gasteiger partial charge in [0, 0.05) is 6.04 Å². The number of nitrogens with two attached hydrogens (primary N) is 1. The Hall–Kier alpha value is -1.78. The van der Waals surface area contributed by atoms with Crippen molar-refractivity contribution in [3.8, 4) is 0 Å². The lowest BCUT2D eigenvalue weighted by atomic mass is 9.83. The molecule has 1 saturated carbocycles. The number of nitrogen functional groups attached to an aromatic ring is 1. The Morgan fingerprint density at radius 2 is 2.26 bits per heavy atom. The Labute approximate surface area is 113 Å². The van der Waals surface area contributed by atoms with Crippen LogP contribution in [0.25, 0.3) is 0 Å². The van der Waals surface area contributed by atoms with E-state index in [-0.39, 0.29) is 11.3 Å². The normalized spacial score (nSPS) is 23.0. The number of hydrogen-bond donors (Lipinski definition) is 3. The lowest BCUT2D eigenvalue weighted by Gasteiger charge is -2.32. The number of nitrogens with zero attached hydrogens (tertiary/aromatic N) is 1. The molecule has 1 aromatic rings. The fourth-order valence-electron chi connectivity index (χ4n) is 2.81. The predicted molar refractivity (Wildman–Crippen MR) is 75.3 cm³/mol. The lowest BCUT2D eigenvalue weighted by molar-refractivity contribution is 0.0698. The number of anilines is 2. The van der Waals surface area contributed by atoms with Crippen LogP contribution in [0.4, 0.5) is 11.5 Å². The molecule has 0 saturated heterocycles. The van der Waals surface area contributed by atoms with E-state index >= 15 is 0 Å². The van der Waals surface area contributed by atoms with Crippen LogP contribution >= 0.6 is 0 Å². The minimum absolute atomic E-state index is 0.112. The number of carboxylic acid groups (broad SMARTS) is 1. The molecule has 1 heterocycles. The van der Waals surface area contributed by atoms with E-state index in [2.05, 4.69) is 17.2 Å². The van der Waals surface area contributed by atoms with Crippen LogP contribution in [0.1, 0.15) is 49.4 Å². The maximum Gasteiger partial charge on any atom is 0.337 e. The van der Waals surface area contributed by atoms with Gasteiger partial charge in [-0.05, 0) is 24.8 Å². The smallest absolute Gasteiger partial charge is 0.337 e. The van der Waals surface area contributed by atoms with Crippen LogP contribution in [-0.2, 0) is 0 Å². The molecular formula is C14H21N3O2. The Bertz CT molecular complexity index is 462. The second kappa shape index (κ2) is 5.91. The molecule has 19 heavy (non-hydrogen) atoms. The average Bonchev–Trinajstić information content (AvgIpc) is 2.41. The zero-order chi connectivity index (χ0) is 13.8. The highest BCUT2D eigenvalue weighted by Gasteiger charge is 2.24. The van der Waals surface area contributed by atoms with Crippen LogP contribution in [0.15, 0.2) is 12.3 Å². The third-order valence-corrected chi connectivity index (χ3v) is 3.93. The summed E-state index contributed by atoms with van der Waals surface area (Å²) in [7, 11) is 0. The SMILES string of the molecule is CCC1CCCCC1Nc1cc(C(=O)O)c(N)cn1. The Kier molecular flexibility index (Phi) is 4.24. The quantitative estimate of drug-likeness (QED) is 0.777. The van der Waals surface area contributed by atoms with Gasteiger partial charge >= 0.3 is 5.97 Å². The Morgan fingerprint density at radius 3 is 2.95 bits per heavy atom. The third kappa shape index (κ3) is 3.16. The summed E-state index contributed by atoms with van der Waals surface area (Å²) in [6, 6.07) is 1.91. The highest BCUT2D eigenvalue weighted by molar-refractivity contribution is 5.94. The van der Waals surface area contributed by atoms with Gasteiger partial charge in [-0.1, -0.05) is 26.2 Å². The van der Waals surface area contributed by atoms with E-state index in [4.69, 9.17) is 10.8 Å². The van der Waals surface area contributed by atoms with E-state index in [1.807, 2.05) is 0 Å². The van der Waals surface area contributed by atoms with Gasteiger partial charge in [0.15, 0.2) is 0 Å². The average molecular weight is 263 g/mol. The van der Waals surface area contributed by atoms with Gasteiger partial charge in [-0.15, -0.1) is 0 Å². The van der Waals surface area contributed by atoms with Crippen molar-refractivity contribution in [2.24, 2.45) is 5.92 Å². The second-order valence-corrected chi connectivity index (χ2v) is 5.17. The van der Waals surface area contributed by atoms with E-state index in [0.717, 1.165) is 12.8 Å². The number of pyridine rings is 1. The van der Waals surface area contributed by atoms with Crippen LogP contribution in [0.2, 0.25) is 0 Å². The van der Waals surface area contributed by atoms with Gasteiger partial charge in [-0.3, -0.25) is 0 Å². The van der Waals surface area contributed by atoms with Gasteiger partial charge in [0.25, 0.3) is 0 Å². The molecule has 1 aliphatic carbocycles. The maximum atomic E-state index is 11.1. The summed E-state index contributed by atoms with van der Waals surface area (Å²) < 4.78 is 0. The first-order valence-corrected chi connectivity index (χ1v) is 6.87. The fraction of sp³-hybridized carbons (Fsp3) is 0.571. The number of carboxylic acids is 1. The van der Waals surface area contributed by atoms with Crippen molar-refractivity contribution >= 4 is 17.5 Å². The van der Waals surface area contributed by atoms with Crippen LogP contribution in [0.3, 0.4) is 0 Å². The number of aromatic nitrogens is 1. The van der Waals surface area contributed by atoms with Crippen LogP contribution in [0.5, 0.6) is 0 Å². The number of carbonyl (C=O) groups is 1. The standard InChI is InChI=1S/C14H21N3O2/c1-2-9-5-3-4-6-12(9)17-13-7-10(14(18)19)11(15)8-16-13/h7-9,12H,2-6,15H2,1H3,(H,16,17)(H,18,19). The van der Waals surface area contributed by atoms with Crippen LogP contribution < -0.4 is 11.1 Å². The van der Waals surface area contributed by atoms with E-state index in [0.29, 0.717) is 17.8 Å². The van der Waals surface area contributed by atoms with Gasteiger partial charge in [-0.2, -0.15) is 0 Å². The highest BCUT2D eigenvalue weighted by Crippen LogP contribution is 2.29.